The second-order valence-corrected chi connectivity index (χ2v) is 11.6. The quantitative estimate of drug-likeness (QED) is 0.291. The smallest absolute Gasteiger partial charge is 0.0357 e. The van der Waals surface area contributed by atoms with Crippen LogP contribution >= 0.6 is 0 Å². The molecular weight excluding hydrogens is 336 g/mol. The van der Waals surface area contributed by atoms with Crippen LogP contribution in [-0.4, -0.2) is 0 Å². The zero-order chi connectivity index (χ0) is 20.2. The summed E-state index contributed by atoms with van der Waals surface area (Å²) >= 11 is 0. The van der Waals surface area contributed by atoms with Crippen molar-refractivity contribution in [1.29, 1.82) is 0 Å². The largest absolute Gasteiger partial charge is 0.0649 e. The summed E-state index contributed by atoms with van der Waals surface area (Å²) in [7, 11) is 0. The van der Waals surface area contributed by atoms with Crippen LogP contribution in [0.1, 0.15) is 150 Å². The monoisotopic (exact) mass is 390 g/mol. The average molecular weight is 391 g/mol. The van der Waals surface area contributed by atoms with Gasteiger partial charge in [0.2, 0.25) is 0 Å². The van der Waals surface area contributed by atoms with E-state index in [-0.39, 0.29) is 0 Å². The first kappa shape index (κ1) is 24.3. The van der Waals surface area contributed by atoms with Gasteiger partial charge in [-0.3, -0.25) is 0 Å². The average Bonchev–Trinajstić information content (AvgIpc) is 2.82. The number of fused-ring (bicyclic) bond motifs is 3. The van der Waals surface area contributed by atoms with E-state index in [1.807, 2.05) is 0 Å². The van der Waals surface area contributed by atoms with Crippen molar-refractivity contribution in [1.82, 2.24) is 0 Å². The summed E-state index contributed by atoms with van der Waals surface area (Å²) in [4.78, 5) is 0. The number of hydrogen-bond acceptors (Lipinski definition) is 0. The summed E-state index contributed by atoms with van der Waals surface area (Å²) < 4.78 is 0. The molecule has 0 nitrogen and oxygen atoms in total. The molecule has 4 atom stereocenters. The van der Waals surface area contributed by atoms with E-state index in [1.165, 1.54) is 89.9 Å². The summed E-state index contributed by atoms with van der Waals surface area (Å²) in [6.07, 6.45) is 28.5. The van der Waals surface area contributed by atoms with Crippen LogP contribution in [0.25, 0.3) is 0 Å². The Kier molecular flexibility index (Phi) is 11.6. The van der Waals surface area contributed by atoms with Gasteiger partial charge in [0.15, 0.2) is 0 Å². The molecule has 0 aromatic heterocycles. The highest BCUT2D eigenvalue weighted by molar-refractivity contribution is 4.83. The Bertz CT molecular complexity index is 381. The molecule has 0 aromatic rings. The van der Waals surface area contributed by atoms with Gasteiger partial charge in [0.1, 0.15) is 0 Å². The van der Waals surface area contributed by atoms with E-state index in [9.17, 15) is 0 Å². The lowest BCUT2D eigenvalue weighted by Gasteiger charge is -2.31. The first-order chi connectivity index (χ1) is 13.5. The molecule has 0 spiro atoms. The molecule has 0 N–H and O–H groups in total. The van der Waals surface area contributed by atoms with Crippen molar-refractivity contribution in [3.63, 3.8) is 0 Å². The van der Waals surface area contributed by atoms with Crippen molar-refractivity contribution in [3.8, 4) is 0 Å². The lowest BCUT2D eigenvalue weighted by atomic mass is 9.74. The standard InChI is InChI=1S/C28H54/c1-5-28(3,4)22-15-10-8-6-7-9-12-17-24(2)27-23-25-18-13-11-14-20-26(27)21-16-19-25/h24-27H,5-23H2,1-4H3. The van der Waals surface area contributed by atoms with Gasteiger partial charge in [-0.2, -0.15) is 0 Å². The number of rotatable bonds is 12. The predicted octanol–water partition coefficient (Wildman–Crippen LogP) is 9.96. The summed E-state index contributed by atoms with van der Waals surface area (Å²) in [5.41, 5.74) is 0.574. The summed E-state index contributed by atoms with van der Waals surface area (Å²) in [5.74, 6) is 4.20. The van der Waals surface area contributed by atoms with Crippen molar-refractivity contribution in [2.75, 3.05) is 0 Å². The van der Waals surface area contributed by atoms with E-state index >= 15 is 0 Å². The van der Waals surface area contributed by atoms with Crippen molar-refractivity contribution in [3.05, 3.63) is 0 Å². The third kappa shape index (κ3) is 9.21. The van der Waals surface area contributed by atoms with Gasteiger partial charge in [-0.05, 0) is 41.9 Å². The fraction of sp³-hybridized carbons (Fsp3) is 1.00. The number of unbranched alkanes of at least 4 members (excludes halogenated alkanes) is 6. The third-order valence-electron chi connectivity index (χ3n) is 8.79. The second kappa shape index (κ2) is 13.3. The molecule has 2 saturated carbocycles. The Balaban J connectivity index is 1.57. The maximum atomic E-state index is 2.62. The first-order valence-electron chi connectivity index (χ1n) is 13.5. The molecule has 28 heavy (non-hydrogen) atoms. The topological polar surface area (TPSA) is 0 Å². The lowest BCUT2D eigenvalue weighted by molar-refractivity contribution is 0.186. The van der Waals surface area contributed by atoms with Crippen LogP contribution in [0, 0.1) is 29.1 Å². The van der Waals surface area contributed by atoms with E-state index in [0.717, 1.165) is 23.7 Å². The molecule has 4 unspecified atom stereocenters. The second-order valence-electron chi connectivity index (χ2n) is 11.6. The molecule has 0 aliphatic heterocycles. The van der Waals surface area contributed by atoms with Gasteiger partial charge in [0, 0.05) is 0 Å². The highest BCUT2D eigenvalue weighted by Crippen LogP contribution is 2.43. The van der Waals surface area contributed by atoms with Gasteiger partial charge in [-0.15, -0.1) is 0 Å². The Morgan fingerprint density at radius 2 is 1.36 bits per heavy atom. The molecule has 2 aliphatic rings. The van der Waals surface area contributed by atoms with Crippen LogP contribution in [0.15, 0.2) is 0 Å². The SMILES string of the molecule is CCC(C)(C)CCCCCCCCCC(C)C1CC2CCCCCC1CCC2. The maximum absolute atomic E-state index is 2.62. The van der Waals surface area contributed by atoms with Crippen molar-refractivity contribution < 1.29 is 0 Å². The van der Waals surface area contributed by atoms with E-state index < -0.39 is 0 Å². The predicted molar refractivity (Wildman–Crippen MR) is 127 cm³/mol. The zero-order valence-electron chi connectivity index (χ0n) is 20.2. The van der Waals surface area contributed by atoms with E-state index in [2.05, 4.69) is 27.7 Å². The molecule has 0 aromatic carbocycles. The molecule has 0 heteroatoms. The molecule has 0 heterocycles. The van der Waals surface area contributed by atoms with Crippen LogP contribution in [-0.2, 0) is 0 Å². The minimum Gasteiger partial charge on any atom is -0.0649 e. The molecule has 166 valence electrons. The van der Waals surface area contributed by atoms with E-state index in [4.69, 9.17) is 0 Å². The van der Waals surface area contributed by atoms with Crippen molar-refractivity contribution in [2.45, 2.75) is 150 Å². The Morgan fingerprint density at radius 1 is 0.750 bits per heavy atom. The summed E-state index contributed by atoms with van der Waals surface area (Å²) in [5, 5.41) is 0. The Labute approximate surface area is 179 Å². The normalized spacial score (nSPS) is 27.6. The fourth-order valence-corrected chi connectivity index (χ4v) is 6.26. The van der Waals surface area contributed by atoms with Gasteiger partial charge in [0.05, 0.1) is 0 Å². The lowest BCUT2D eigenvalue weighted by Crippen LogP contribution is -2.22. The maximum Gasteiger partial charge on any atom is -0.0357 e. The molecule has 2 rings (SSSR count). The van der Waals surface area contributed by atoms with Crippen LogP contribution in [0.4, 0.5) is 0 Å². The first-order valence-corrected chi connectivity index (χ1v) is 13.5. The molecular formula is C28H54. The van der Waals surface area contributed by atoms with Crippen LogP contribution < -0.4 is 0 Å². The van der Waals surface area contributed by atoms with E-state index in [0.29, 0.717) is 5.41 Å². The highest BCUT2D eigenvalue weighted by Gasteiger charge is 2.32. The highest BCUT2D eigenvalue weighted by atomic mass is 14.4. The molecule has 0 amide bonds. The van der Waals surface area contributed by atoms with Gasteiger partial charge in [-0.1, -0.05) is 137 Å². The third-order valence-corrected chi connectivity index (χ3v) is 8.79. The Hall–Kier alpha value is 0. The van der Waals surface area contributed by atoms with Gasteiger partial charge < -0.3 is 0 Å². The molecule has 0 saturated heterocycles. The van der Waals surface area contributed by atoms with Gasteiger partial charge in [-0.25, -0.2) is 0 Å². The summed E-state index contributed by atoms with van der Waals surface area (Å²) in [6, 6.07) is 0. The van der Waals surface area contributed by atoms with Crippen molar-refractivity contribution >= 4 is 0 Å². The minimum absolute atomic E-state index is 0.574. The minimum atomic E-state index is 0.574. The zero-order valence-corrected chi connectivity index (χ0v) is 20.2. The summed E-state index contributed by atoms with van der Waals surface area (Å²) in [6.45, 7) is 9.82. The molecule has 2 bridgehead atoms. The molecule has 2 fully saturated rings. The van der Waals surface area contributed by atoms with Crippen LogP contribution in [0.5, 0.6) is 0 Å². The molecule has 0 radical (unpaired) electrons. The molecule has 2 aliphatic carbocycles. The van der Waals surface area contributed by atoms with Gasteiger partial charge >= 0.3 is 0 Å². The van der Waals surface area contributed by atoms with Crippen LogP contribution in [0.2, 0.25) is 0 Å². The van der Waals surface area contributed by atoms with Crippen LogP contribution in [0.3, 0.4) is 0 Å². The fourth-order valence-electron chi connectivity index (χ4n) is 6.26. The number of hydrogen-bond donors (Lipinski definition) is 0. The van der Waals surface area contributed by atoms with Gasteiger partial charge in [0.25, 0.3) is 0 Å². The van der Waals surface area contributed by atoms with E-state index in [1.54, 1.807) is 32.1 Å². The Morgan fingerprint density at radius 3 is 2.11 bits per heavy atom. The van der Waals surface area contributed by atoms with Crippen molar-refractivity contribution in [2.24, 2.45) is 29.1 Å².